The Labute approximate surface area is 193 Å². The van der Waals surface area contributed by atoms with Crippen LogP contribution in [0.15, 0.2) is 42.9 Å². The first kappa shape index (κ1) is 22.5. The number of nitrogens with zero attached hydrogens (tertiary/aromatic N) is 4. The molecule has 5 nitrogen and oxygen atoms in total. The van der Waals surface area contributed by atoms with Gasteiger partial charge in [-0.25, -0.2) is 4.39 Å². The Morgan fingerprint density at radius 1 is 1.28 bits per heavy atom. The van der Waals surface area contributed by atoms with Crippen molar-refractivity contribution in [3.8, 4) is 11.1 Å². The van der Waals surface area contributed by atoms with Crippen LogP contribution in [0.4, 0.5) is 4.39 Å². The molecule has 0 saturated carbocycles. The van der Waals surface area contributed by atoms with Crippen LogP contribution in [-0.2, 0) is 13.5 Å². The molecule has 0 spiro atoms. The lowest BCUT2D eigenvalue weighted by Gasteiger charge is -2.40. The lowest BCUT2D eigenvalue weighted by Crippen LogP contribution is -2.48. The molecule has 0 unspecified atom stereocenters. The van der Waals surface area contributed by atoms with E-state index in [0.717, 1.165) is 29.5 Å². The molecule has 0 N–H and O–H groups in total. The Hall–Kier alpha value is -2.73. The third-order valence-corrected chi connectivity index (χ3v) is 6.57. The van der Waals surface area contributed by atoms with Gasteiger partial charge in [-0.15, -0.1) is 0 Å². The van der Waals surface area contributed by atoms with Crippen LogP contribution in [0.1, 0.15) is 47.8 Å². The first-order valence-corrected chi connectivity index (χ1v) is 11.4. The predicted octanol–water partition coefficient (Wildman–Crippen LogP) is 5.46. The van der Waals surface area contributed by atoms with E-state index in [1.165, 1.54) is 12.3 Å². The minimum atomic E-state index is -0.392. The van der Waals surface area contributed by atoms with Crippen molar-refractivity contribution in [2.24, 2.45) is 13.0 Å². The van der Waals surface area contributed by atoms with E-state index in [0.29, 0.717) is 36.6 Å². The minimum Gasteiger partial charge on any atom is -0.335 e. The number of hydrogen-bond donors (Lipinski definition) is 0. The predicted molar refractivity (Wildman–Crippen MR) is 124 cm³/mol. The molecule has 1 saturated heterocycles. The van der Waals surface area contributed by atoms with Gasteiger partial charge in [0.05, 0.1) is 16.9 Å². The van der Waals surface area contributed by atoms with Crippen molar-refractivity contribution < 1.29 is 9.18 Å². The maximum atomic E-state index is 14.3. The summed E-state index contributed by atoms with van der Waals surface area (Å²) < 4.78 is 16.0. The lowest BCUT2D eigenvalue weighted by atomic mass is 9.86. The molecule has 4 rings (SSSR count). The summed E-state index contributed by atoms with van der Waals surface area (Å²) >= 11 is 5.84. The number of aromatic nitrogens is 3. The molecule has 1 aromatic carbocycles. The molecule has 168 valence electrons. The molecule has 0 bridgehead atoms. The van der Waals surface area contributed by atoms with Gasteiger partial charge in [0.25, 0.3) is 5.91 Å². The number of pyridine rings is 1. The molecule has 1 aliphatic rings. The van der Waals surface area contributed by atoms with Gasteiger partial charge in [-0.2, -0.15) is 5.10 Å². The third-order valence-electron chi connectivity index (χ3n) is 6.36. The van der Waals surface area contributed by atoms with Gasteiger partial charge in [0.2, 0.25) is 0 Å². The van der Waals surface area contributed by atoms with Crippen LogP contribution in [0.3, 0.4) is 0 Å². The van der Waals surface area contributed by atoms with Gasteiger partial charge in [-0.3, -0.25) is 14.5 Å². The highest BCUT2D eigenvalue weighted by Crippen LogP contribution is 2.32. The Bertz CT molecular complexity index is 1130. The Balaban J connectivity index is 1.62. The largest absolute Gasteiger partial charge is 0.335 e. The van der Waals surface area contributed by atoms with Crippen molar-refractivity contribution in [2.45, 2.75) is 45.6 Å². The van der Waals surface area contributed by atoms with Crippen molar-refractivity contribution in [1.82, 2.24) is 19.7 Å². The maximum absolute atomic E-state index is 14.3. The van der Waals surface area contributed by atoms with E-state index in [-0.39, 0.29) is 17.0 Å². The van der Waals surface area contributed by atoms with E-state index >= 15 is 0 Å². The molecule has 3 aromatic rings. The number of amides is 1. The number of likely N-dealkylation sites (tertiary alicyclic amines) is 1. The third kappa shape index (κ3) is 4.70. The number of hydrogen-bond acceptors (Lipinski definition) is 3. The van der Waals surface area contributed by atoms with E-state index < -0.39 is 5.82 Å². The van der Waals surface area contributed by atoms with Crippen molar-refractivity contribution in [3.63, 3.8) is 0 Å². The molecular formula is C25H28ClFN4O. The molecular weight excluding hydrogens is 427 g/mol. The first-order valence-electron chi connectivity index (χ1n) is 11.0. The molecule has 0 radical (unpaired) electrons. The van der Waals surface area contributed by atoms with E-state index in [9.17, 15) is 9.18 Å². The number of carbonyl (C=O) groups is 1. The van der Waals surface area contributed by atoms with Gasteiger partial charge < -0.3 is 4.90 Å². The molecule has 1 aliphatic heterocycles. The lowest BCUT2D eigenvalue weighted by molar-refractivity contribution is 0.0499. The Kier molecular flexibility index (Phi) is 6.60. The monoisotopic (exact) mass is 454 g/mol. The van der Waals surface area contributed by atoms with Crippen molar-refractivity contribution in [3.05, 3.63) is 70.5 Å². The SMILES string of the molecule is Cc1ccc(-c2cnn(C)c2)c(C(=O)N2CCC[C@@H](C)[C@H]2CCc2ncc(Cl)cc2F)c1. The zero-order chi connectivity index (χ0) is 22.8. The van der Waals surface area contributed by atoms with E-state index in [4.69, 9.17) is 11.6 Å². The van der Waals surface area contributed by atoms with Gasteiger partial charge in [0.1, 0.15) is 5.82 Å². The number of aryl methyl sites for hydroxylation is 3. The number of piperidine rings is 1. The van der Waals surface area contributed by atoms with Crippen LogP contribution in [-0.4, -0.2) is 38.2 Å². The number of carbonyl (C=O) groups excluding carboxylic acids is 1. The Morgan fingerprint density at radius 2 is 2.09 bits per heavy atom. The molecule has 32 heavy (non-hydrogen) atoms. The van der Waals surface area contributed by atoms with Gasteiger partial charge in [0, 0.05) is 43.2 Å². The highest BCUT2D eigenvalue weighted by Gasteiger charge is 2.33. The smallest absolute Gasteiger partial charge is 0.254 e. The normalized spacial score (nSPS) is 18.7. The summed E-state index contributed by atoms with van der Waals surface area (Å²) in [5.41, 5.74) is 3.93. The minimum absolute atomic E-state index is 0.0219. The maximum Gasteiger partial charge on any atom is 0.254 e. The molecule has 7 heteroatoms. The Morgan fingerprint density at radius 3 is 2.81 bits per heavy atom. The highest BCUT2D eigenvalue weighted by atomic mass is 35.5. The summed E-state index contributed by atoms with van der Waals surface area (Å²) in [6, 6.07) is 7.29. The van der Waals surface area contributed by atoms with Gasteiger partial charge in [0.15, 0.2) is 0 Å². The highest BCUT2D eigenvalue weighted by molar-refractivity contribution is 6.30. The molecule has 2 aromatic heterocycles. The summed E-state index contributed by atoms with van der Waals surface area (Å²) in [5.74, 6) is -0.0419. The number of rotatable bonds is 5. The van der Waals surface area contributed by atoms with Gasteiger partial charge in [-0.1, -0.05) is 36.2 Å². The summed E-state index contributed by atoms with van der Waals surface area (Å²) in [7, 11) is 1.87. The van der Waals surface area contributed by atoms with E-state index in [1.54, 1.807) is 10.9 Å². The second kappa shape index (κ2) is 9.41. The summed E-state index contributed by atoms with van der Waals surface area (Å²) in [4.78, 5) is 20.0. The van der Waals surface area contributed by atoms with Gasteiger partial charge >= 0.3 is 0 Å². The van der Waals surface area contributed by atoms with Crippen LogP contribution >= 0.6 is 11.6 Å². The molecule has 1 amide bonds. The quantitative estimate of drug-likeness (QED) is 0.514. The van der Waals surface area contributed by atoms with Crippen LogP contribution in [0.25, 0.3) is 11.1 Å². The van der Waals surface area contributed by atoms with Crippen molar-refractivity contribution in [2.75, 3.05) is 6.54 Å². The summed E-state index contributed by atoms with van der Waals surface area (Å²) in [6.45, 7) is 4.87. The second-order valence-corrected chi connectivity index (χ2v) is 9.19. The fourth-order valence-corrected chi connectivity index (χ4v) is 4.80. The molecule has 0 aliphatic carbocycles. The zero-order valence-electron chi connectivity index (χ0n) is 18.7. The van der Waals surface area contributed by atoms with Crippen LogP contribution in [0.2, 0.25) is 5.02 Å². The topological polar surface area (TPSA) is 51.0 Å². The zero-order valence-corrected chi connectivity index (χ0v) is 19.4. The average molecular weight is 455 g/mol. The van der Waals surface area contributed by atoms with Crippen LogP contribution in [0, 0.1) is 18.7 Å². The fraction of sp³-hybridized carbons (Fsp3) is 0.400. The number of halogens is 2. The standard InChI is InChI=1S/C25H28ClFN4O/c1-16-6-7-20(18-13-29-30(3)15-18)21(11-16)25(32)31-10-4-5-17(2)24(31)9-8-23-22(27)12-19(26)14-28-23/h6-7,11-15,17,24H,4-5,8-10H2,1-3H3/t17-,24-/m1/s1. The average Bonchev–Trinajstić information content (AvgIpc) is 3.19. The second-order valence-electron chi connectivity index (χ2n) is 8.76. The molecule has 2 atom stereocenters. The molecule has 3 heterocycles. The van der Waals surface area contributed by atoms with E-state index in [1.807, 2.05) is 43.3 Å². The van der Waals surface area contributed by atoms with Crippen LogP contribution < -0.4 is 0 Å². The van der Waals surface area contributed by atoms with Crippen molar-refractivity contribution >= 4 is 17.5 Å². The summed E-state index contributed by atoms with van der Waals surface area (Å²) in [6.07, 6.45) is 8.32. The fourth-order valence-electron chi connectivity index (χ4n) is 4.65. The first-order chi connectivity index (χ1) is 15.3. The van der Waals surface area contributed by atoms with Gasteiger partial charge in [-0.05, 0) is 56.2 Å². The molecule has 1 fully saturated rings. The number of benzene rings is 1. The van der Waals surface area contributed by atoms with Crippen LogP contribution in [0.5, 0.6) is 0 Å². The van der Waals surface area contributed by atoms with E-state index in [2.05, 4.69) is 17.0 Å². The summed E-state index contributed by atoms with van der Waals surface area (Å²) in [5, 5.41) is 4.56. The van der Waals surface area contributed by atoms with Crippen molar-refractivity contribution in [1.29, 1.82) is 0 Å².